The van der Waals surface area contributed by atoms with Crippen LogP contribution >= 0.6 is 36.4 Å². The maximum Gasteiger partial charge on any atom is 0.220 e. The molecule has 1 aromatic rings. The summed E-state index contributed by atoms with van der Waals surface area (Å²) in [6.07, 6.45) is 3.97. The van der Waals surface area contributed by atoms with E-state index in [9.17, 15) is 4.79 Å². The third kappa shape index (κ3) is 7.69. The molecule has 28 heavy (non-hydrogen) atoms. The van der Waals surface area contributed by atoms with E-state index in [-0.39, 0.29) is 36.8 Å². The zero-order valence-corrected chi connectivity index (χ0v) is 18.6. The second-order valence-electron chi connectivity index (χ2n) is 7.22. The lowest BCUT2D eigenvalue weighted by Crippen LogP contribution is -2.44. The Balaban J connectivity index is 0.00000196. The zero-order valence-electron chi connectivity index (χ0n) is 16.2. The van der Waals surface area contributed by atoms with E-state index in [1.54, 1.807) is 0 Å². The van der Waals surface area contributed by atoms with Gasteiger partial charge in [0.05, 0.1) is 19.3 Å². The fourth-order valence-electron chi connectivity index (χ4n) is 3.87. The number of amides is 1. The Morgan fingerprint density at radius 2 is 1.89 bits per heavy atom. The lowest BCUT2D eigenvalue weighted by atomic mass is 9.93. The largest absolute Gasteiger partial charge is 0.379 e. The fraction of sp³-hybridized carbons (Fsp3) is 0.650. The predicted octanol–water partition coefficient (Wildman–Crippen LogP) is 3.45. The minimum atomic E-state index is 0. The summed E-state index contributed by atoms with van der Waals surface area (Å²) in [4.78, 5) is 14.7. The molecule has 0 aliphatic carbocycles. The van der Waals surface area contributed by atoms with E-state index < -0.39 is 0 Å². The first-order valence-electron chi connectivity index (χ1n) is 9.77. The van der Waals surface area contributed by atoms with Crippen molar-refractivity contribution >= 4 is 42.3 Å². The van der Waals surface area contributed by atoms with Gasteiger partial charge in [-0.3, -0.25) is 9.69 Å². The SMILES string of the molecule is Cl.Cl.O=C(CCC1CCNCC1)NCC(c1ccccc1Cl)N1CCOCC1. The summed E-state index contributed by atoms with van der Waals surface area (Å²) in [6, 6.07) is 8.02. The molecule has 2 aliphatic heterocycles. The topological polar surface area (TPSA) is 53.6 Å². The van der Waals surface area contributed by atoms with Gasteiger partial charge in [0.2, 0.25) is 5.91 Å². The van der Waals surface area contributed by atoms with Crippen molar-refractivity contribution in [1.82, 2.24) is 15.5 Å². The summed E-state index contributed by atoms with van der Waals surface area (Å²) in [5.74, 6) is 0.828. The number of hydrogen-bond acceptors (Lipinski definition) is 4. The highest BCUT2D eigenvalue weighted by Gasteiger charge is 2.25. The molecule has 2 saturated heterocycles. The summed E-state index contributed by atoms with van der Waals surface area (Å²) in [7, 11) is 0. The number of carbonyl (C=O) groups is 1. The zero-order chi connectivity index (χ0) is 18.2. The van der Waals surface area contributed by atoms with Crippen molar-refractivity contribution < 1.29 is 9.53 Å². The molecule has 1 amide bonds. The van der Waals surface area contributed by atoms with Crippen LogP contribution in [-0.4, -0.2) is 56.7 Å². The Morgan fingerprint density at radius 1 is 1.21 bits per heavy atom. The summed E-state index contributed by atoms with van der Waals surface area (Å²) in [5.41, 5.74) is 1.08. The van der Waals surface area contributed by atoms with Crippen molar-refractivity contribution in [2.45, 2.75) is 31.7 Å². The van der Waals surface area contributed by atoms with Crippen LogP contribution in [-0.2, 0) is 9.53 Å². The Bertz CT molecular complexity index is 580. The molecular weight excluding hydrogens is 421 g/mol. The molecule has 2 heterocycles. The number of ether oxygens (including phenoxy) is 1. The van der Waals surface area contributed by atoms with Crippen LogP contribution in [0.5, 0.6) is 0 Å². The van der Waals surface area contributed by atoms with Crippen LogP contribution in [0.4, 0.5) is 0 Å². The van der Waals surface area contributed by atoms with Gasteiger partial charge in [0, 0.05) is 31.1 Å². The second kappa shape index (κ2) is 13.6. The highest BCUT2D eigenvalue weighted by atomic mass is 35.5. The molecule has 3 rings (SSSR count). The Labute approximate surface area is 185 Å². The lowest BCUT2D eigenvalue weighted by molar-refractivity contribution is -0.121. The van der Waals surface area contributed by atoms with Gasteiger partial charge in [0.15, 0.2) is 0 Å². The molecule has 2 fully saturated rings. The molecule has 0 radical (unpaired) electrons. The van der Waals surface area contributed by atoms with Crippen LogP contribution in [0.1, 0.15) is 37.3 Å². The van der Waals surface area contributed by atoms with E-state index in [0.717, 1.165) is 56.4 Å². The molecule has 0 spiro atoms. The first kappa shape index (κ1) is 25.5. The number of halogens is 3. The highest BCUT2D eigenvalue weighted by molar-refractivity contribution is 6.31. The molecule has 1 atom stereocenters. The quantitative estimate of drug-likeness (QED) is 0.665. The minimum Gasteiger partial charge on any atom is -0.379 e. The second-order valence-corrected chi connectivity index (χ2v) is 7.63. The molecule has 5 nitrogen and oxygen atoms in total. The third-order valence-electron chi connectivity index (χ3n) is 5.48. The Kier molecular flexibility index (Phi) is 12.4. The number of hydrogen-bond donors (Lipinski definition) is 2. The van der Waals surface area contributed by atoms with Crippen LogP contribution in [0.25, 0.3) is 0 Å². The number of benzene rings is 1. The van der Waals surface area contributed by atoms with Gasteiger partial charge >= 0.3 is 0 Å². The van der Waals surface area contributed by atoms with Gasteiger partial charge in [-0.25, -0.2) is 0 Å². The van der Waals surface area contributed by atoms with Gasteiger partial charge in [0.1, 0.15) is 0 Å². The Hall–Kier alpha value is -0.560. The molecule has 1 aromatic carbocycles. The number of morpholine rings is 1. The van der Waals surface area contributed by atoms with Crippen molar-refractivity contribution in [3.05, 3.63) is 34.9 Å². The summed E-state index contributed by atoms with van der Waals surface area (Å²) in [6.45, 7) is 5.93. The fourth-order valence-corrected chi connectivity index (χ4v) is 4.14. The molecule has 8 heteroatoms. The Morgan fingerprint density at radius 3 is 2.57 bits per heavy atom. The monoisotopic (exact) mass is 451 g/mol. The first-order valence-corrected chi connectivity index (χ1v) is 10.2. The smallest absolute Gasteiger partial charge is 0.220 e. The minimum absolute atomic E-state index is 0. The van der Waals surface area contributed by atoms with E-state index in [2.05, 4.69) is 21.6 Å². The third-order valence-corrected chi connectivity index (χ3v) is 5.83. The molecule has 0 bridgehead atoms. The van der Waals surface area contributed by atoms with Gasteiger partial charge in [-0.1, -0.05) is 29.8 Å². The molecule has 160 valence electrons. The van der Waals surface area contributed by atoms with Gasteiger partial charge in [-0.15, -0.1) is 24.8 Å². The van der Waals surface area contributed by atoms with E-state index in [1.165, 1.54) is 12.8 Å². The molecule has 0 saturated carbocycles. The van der Waals surface area contributed by atoms with Gasteiger partial charge in [-0.05, 0) is 49.9 Å². The van der Waals surface area contributed by atoms with Gasteiger partial charge in [0.25, 0.3) is 0 Å². The van der Waals surface area contributed by atoms with E-state index in [4.69, 9.17) is 16.3 Å². The van der Waals surface area contributed by atoms with Crippen molar-refractivity contribution in [3.8, 4) is 0 Å². The van der Waals surface area contributed by atoms with Crippen LogP contribution in [0, 0.1) is 5.92 Å². The van der Waals surface area contributed by atoms with Crippen molar-refractivity contribution in [1.29, 1.82) is 0 Å². The van der Waals surface area contributed by atoms with E-state index in [0.29, 0.717) is 18.9 Å². The highest BCUT2D eigenvalue weighted by Crippen LogP contribution is 2.28. The number of carbonyl (C=O) groups excluding carboxylic acids is 1. The summed E-state index contributed by atoms with van der Waals surface area (Å²) < 4.78 is 5.48. The number of nitrogens with one attached hydrogen (secondary N) is 2. The van der Waals surface area contributed by atoms with E-state index in [1.807, 2.05) is 18.2 Å². The van der Waals surface area contributed by atoms with Crippen LogP contribution in [0.15, 0.2) is 24.3 Å². The van der Waals surface area contributed by atoms with Gasteiger partial charge < -0.3 is 15.4 Å². The van der Waals surface area contributed by atoms with Crippen LogP contribution in [0.3, 0.4) is 0 Å². The first-order chi connectivity index (χ1) is 12.7. The predicted molar refractivity (Wildman–Crippen MR) is 119 cm³/mol. The average Bonchev–Trinajstić information content (AvgIpc) is 2.69. The number of piperidine rings is 1. The maximum absolute atomic E-state index is 12.4. The maximum atomic E-state index is 12.4. The van der Waals surface area contributed by atoms with Crippen molar-refractivity contribution in [3.63, 3.8) is 0 Å². The van der Waals surface area contributed by atoms with E-state index >= 15 is 0 Å². The standard InChI is InChI=1S/C20H30ClN3O2.2ClH/c21-18-4-2-1-3-17(18)19(24-11-13-26-14-12-24)15-23-20(25)6-5-16-7-9-22-10-8-16;;/h1-4,16,19,22H,5-15H2,(H,23,25);2*1H. The average molecular weight is 453 g/mol. The molecule has 2 aliphatic rings. The lowest BCUT2D eigenvalue weighted by Gasteiger charge is -2.35. The van der Waals surface area contributed by atoms with Gasteiger partial charge in [-0.2, -0.15) is 0 Å². The van der Waals surface area contributed by atoms with Crippen LogP contribution in [0.2, 0.25) is 5.02 Å². The summed E-state index contributed by atoms with van der Waals surface area (Å²) in [5, 5.41) is 7.28. The number of nitrogens with zero attached hydrogens (tertiary/aromatic N) is 1. The summed E-state index contributed by atoms with van der Waals surface area (Å²) >= 11 is 6.44. The van der Waals surface area contributed by atoms with Crippen molar-refractivity contribution in [2.24, 2.45) is 5.92 Å². The van der Waals surface area contributed by atoms with Crippen molar-refractivity contribution in [2.75, 3.05) is 45.9 Å². The molecule has 0 aromatic heterocycles. The molecule has 2 N–H and O–H groups in total. The normalized spacial score (nSPS) is 19.2. The van der Waals surface area contributed by atoms with Crippen LogP contribution < -0.4 is 10.6 Å². The number of rotatable bonds is 7. The molecular formula is C20H32Cl3N3O2. The molecule has 1 unspecified atom stereocenters.